The van der Waals surface area contributed by atoms with E-state index in [9.17, 15) is 44.9 Å². The Kier molecular flexibility index (Phi) is 6.57. The van der Waals surface area contributed by atoms with Crippen molar-refractivity contribution in [3.05, 3.63) is 63.7 Å². The van der Waals surface area contributed by atoms with Gasteiger partial charge in [0.15, 0.2) is 0 Å². The van der Waals surface area contributed by atoms with Crippen molar-refractivity contribution in [3.8, 4) is 0 Å². The second-order valence-electron chi connectivity index (χ2n) is 5.15. The zero-order valence-corrected chi connectivity index (χ0v) is 14.8. The van der Waals surface area contributed by atoms with Gasteiger partial charge in [0.2, 0.25) is 0 Å². The fourth-order valence-corrected chi connectivity index (χ4v) is 3.02. The lowest BCUT2D eigenvalue weighted by Gasteiger charge is -2.15. The number of nitrogens with one attached hydrogen (secondary N) is 1. The van der Waals surface area contributed by atoms with E-state index in [0.29, 0.717) is 0 Å². The number of non-ortho nitro benzene ring substituents is 1. The number of hydrogen-bond donors (Lipinski definition) is 1. The van der Waals surface area contributed by atoms with Crippen LogP contribution in [0.4, 0.5) is 37.7 Å². The first-order chi connectivity index (χ1) is 12.2. The number of halogens is 7. The van der Waals surface area contributed by atoms with Gasteiger partial charge in [0.05, 0.1) is 26.6 Å². The third kappa shape index (κ3) is 5.48. The summed E-state index contributed by atoms with van der Waals surface area (Å²) in [5.74, 6) is 0. The van der Waals surface area contributed by atoms with Gasteiger partial charge in [0.25, 0.3) is 15.7 Å². The maximum absolute atomic E-state index is 12.8. The molecule has 154 valence electrons. The van der Waals surface area contributed by atoms with E-state index in [2.05, 4.69) is 0 Å². The van der Waals surface area contributed by atoms with Gasteiger partial charge >= 0.3 is 12.4 Å². The van der Waals surface area contributed by atoms with E-state index < -0.39 is 54.7 Å². The minimum absolute atomic E-state index is 0. The number of nitrogens with zero attached hydrogens (tertiary/aromatic N) is 1. The lowest BCUT2D eigenvalue weighted by molar-refractivity contribution is -0.384. The maximum Gasteiger partial charge on any atom is 0.416 e. The number of benzene rings is 2. The second kappa shape index (κ2) is 7.83. The average molecular weight is 451 g/mol. The van der Waals surface area contributed by atoms with Crippen LogP contribution in [0.15, 0.2) is 47.4 Å². The van der Waals surface area contributed by atoms with E-state index in [1.54, 1.807) is 4.72 Å². The monoisotopic (exact) mass is 450 g/mol. The van der Waals surface area contributed by atoms with Gasteiger partial charge in [-0.1, -0.05) is 0 Å². The van der Waals surface area contributed by atoms with Crippen molar-refractivity contribution in [1.82, 2.24) is 0 Å². The molecule has 0 aliphatic rings. The highest BCUT2D eigenvalue weighted by atomic mass is 35.5. The third-order valence-corrected chi connectivity index (χ3v) is 4.59. The molecule has 0 unspecified atom stereocenters. The van der Waals surface area contributed by atoms with Crippen LogP contribution in [-0.2, 0) is 22.4 Å². The largest absolute Gasteiger partial charge is 0.416 e. The van der Waals surface area contributed by atoms with Crippen molar-refractivity contribution in [3.63, 3.8) is 0 Å². The molecule has 2 aromatic rings. The van der Waals surface area contributed by atoms with E-state index in [1.807, 2.05) is 0 Å². The molecule has 0 atom stereocenters. The van der Waals surface area contributed by atoms with E-state index in [1.165, 1.54) is 0 Å². The fourth-order valence-electron chi connectivity index (χ4n) is 1.97. The van der Waals surface area contributed by atoms with Crippen molar-refractivity contribution in [2.75, 3.05) is 4.72 Å². The molecule has 2 rings (SSSR count). The first-order valence-electron chi connectivity index (χ1n) is 6.77. The Morgan fingerprint density at radius 2 is 1.29 bits per heavy atom. The van der Waals surface area contributed by atoms with Crippen LogP contribution < -0.4 is 4.72 Å². The van der Waals surface area contributed by atoms with Gasteiger partial charge in [-0.05, 0) is 30.3 Å². The maximum atomic E-state index is 12.8. The van der Waals surface area contributed by atoms with Crippen molar-refractivity contribution in [2.45, 2.75) is 17.2 Å². The second-order valence-corrected chi connectivity index (χ2v) is 6.83. The van der Waals surface area contributed by atoms with Crippen LogP contribution in [0.1, 0.15) is 11.1 Å². The third-order valence-electron chi connectivity index (χ3n) is 3.20. The van der Waals surface area contributed by atoms with Gasteiger partial charge in [-0.25, -0.2) is 8.42 Å². The molecule has 1 N–H and O–H groups in total. The molecule has 0 amide bonds. The molecule has 6 nitrogen and oxygen atoms in total. The van der Waals surface area contributed by atoms with Gasteiger partial charge in [-0.2, -0.15) is 26.3 Å². The van der Waals surface area contributed by atoms with Crippen LogP contribution in [0.3, 0.4) is 0 Å². The van der Waals surface area contributed by atoms with Crippen molar-refractivity contribution in [2.24, 2.45) is 0 Å². The Morgan fingerprint density at radius 1 is 0.857 bits per heavy atom. The summed E-state index contributed by atoms with van der Waals surface area (Å²) < 4.78 is 103. The predicted molar refractivity (Wildman–Crippen MR) is 87.6 cm³/mol. The molecule has 0 bridgehead atoms. The summed E-state index contributed by atoms with van der Waals surface area (Å²) in [5.41, 5.74) is -4.81. The first kappa shape index (κ1) is 23.5. The van der Waals surface area contributed by atoms with Gasteiger partial charge in [0, 0.05) is 12.1 Å². The molecular weight excluding hydrogens is 442 g/mol. The number of sulfonamides is 1. The number of rotatable bonds is 4. The molecule has 28 heavy (non-hydrogen) atoms. The van der Waals surface area contributed by atoms with E-state index in [-0.39, 0.29) is 30.6 Å². The lowest BCUT2D eigenvalue weighted by Crippen LogP contribution is -2.16. The Hall–Kier alpha value is -2.54. The summed E-state index contributed by atoms with van der Waals surface area (Å²) >= 11 is 0. The van der Waals surface area contributed by atoms with Crippen LogP contribution in [0, 0.1) is 10.1 Å². The van der Waals surface area contributed by atoms with Crippen molar-refractivity contribution in [1.29, 1.82) is 0 Å². The van der Waals surface area contributed by atoms with Crippen LogP contribution >= 0.6 is 12.4 Å². The molecule has 14 heteroatoms. The Balaban J connectivity index is 0.00000392. The molecule has 0 aliphatic heterocycles. The Labute approximate surface area is 159 Å². The highest BCUT2D eigenvalue weighted by Crippen LogP contribution is 2.38. The topological polar surface area (TPSA) is 89.3 Å². The average Bonchev–Trinajstić information content (AvgIpc) is 2.52. The summed E-state index contributed by atoms with van der Waals surface area (Å²) in [6.45, 7) is 0. The van der Waals surface area contributed by atoms with Gasteiger partial charge in [-0.3, -0.25) is 14.8 Å². The summed E-state index contributed by atoms with van der Waals surface area (Å²) in [5, 5.41) is 10.5. The molecular formula is C14H9ClF6N2O4S. The summed E-state index contributed by atoms with van der Waals surface area (Å²) in [6, 6.07) is 3.49. The van der Waals surface area contributed by atoms with E-state index >= 15 is 0 Å². The summed E-state index contributed by atoms with van der Waals surface area (Å²) in [6.07, 6.45) is -10.3. The molecule has 0 aromatic heterocycles. The Morgan fingerprint density at radius 3 is 1.64 bits per heavy atom. The van der Waals surface area contributed by atoms with Crippen molar-refractivity contribution >= 4 is 33.8 Å². The van der Waals surface area contributed by atoms with E-state index in [0.717, 1.165) is 24.3 Å². The SMILES string of the molecule is Cl.O=[N+]([O-])c1ccc(S(=O)(=O)Nc2cc(C(F)(F)F)cc(C(F)(F)F)c2)cc1. The Bertz CT molecular complexity index is 943. The molecule has 0 radical (unpaired) electrons. The molecule has 0 spiro atoms. The normalized spacial score (nSPS) is 12.2. The molecule has 0 aliphatic carbocycles. The smallest absolute Gasteiger partial charge is 0.280 e. The summed E-state index contributed by atoms with van der Waals surface area (Å²) in [4.78, 5) is 9.15. The first-order valence-corrected chi connectivity index (χ1v) is 8.25. The van der Waals surface area contributed by atoms with Gasteiger partial charge in [0.1, 0.15) is 0 Å². The van der Waals surface area contributed by atoms with Crippen LogP contribution in [0.25, 0.3) is 0 Å². The zero-order valence-electron chi connectivity index (χ0n) is 13.2. The van der Waals surface area contributed by atoms with E-state index in [4.69, 9.17) is 0 Å². The van der Waals surface area contributed by atoms with Crippen LogP contribution in [0.2, 0.25) is 0 Å². The van der Waals surface area contributed by atoms with Gasteiger partial charge in [-0.15, -0.1) is 12.4 Å². The molecule has 0 heterocycles. The zero-order chi connectivity index (χ0) is 20.6. The predicted octanol–water partition coefficient (Wildman–Crippen LogP) is 4.86. The molecule has 2 aromatic carbocycles. The summed E-state index contributed by atoms with van der Waals surface area (Å²) in [7, 11) is -4.59. The highest BCUT2D eigenvalue weighted by molar-refractivity contribution is 7.92. The van der Waals surface area contributed by atoms with Gasteiger partial charge < -0.3 is 0 Å². The molecule has 0 saturated carbocycles. The number of hydrogen-bond acceptors (Lipinski definition) is 4. The standard InChI is InChI=1S/C14H8F6N2O4S.ClH/c15-13(16,17)8-5-9(14(18,19)20)7-10(6-8)21-27(25,26)12-3-1-11(2-4-12)22(23)24;/h1-7,21H;1H. The fraction of sp³-hybridized carbons (Fsp3) is 0.143. The number of nitro benzene ring substituents is 1. The quantitative estimate of drug-likeness (QED) is 0.409. The van der Waals surface area contributed by atoms with Crippen LogP contribution in [-0.4, -0.2) is 13.3 Å². The molecule has 0 saturated heterocycles. The van der Waals surface area contributed by atoms with Crippen molar-refractivity contribution < 1.29 is 39.7 Å². The lowest BCUT2D eigenvalue weighted by atomic mass is 10.1. The minimum atomic E-state index is -5.14. The van der Waals surface area contributed by atoms with Crippen LogP contribution in [0.5, 0.6) is 0 Å². The minimum Gasteiger partial charge on any atom is -0.280 e. The number of anilines is 1. The number of alkyl halides is 6. The highest BCUT2D eigenvalue weighted by Gasteiger charge is 2.37. The number of nitro groups is 1. The molecule has 0 fully saturated rings.